The van der Waals surface area contributed by atoms with Crippen molar-refractivity contribution in [2.75, 3.05) is 38.0 Å². The number of hydrogen-bond acceptors (Lipinski definition) is 6. The fourth-order valence-electron chi connectivity index (χ4n) is 5.33. The third-order valence-corrected chi connectivity index (χ3v) is 11.9. The molecule has 1 N–H and O–H groups in total. The molecule has 0 spiro atoms. The standard InChI is InChI=1S/C31H39N3O6S2/c1-8-25-9-12-27(13-10-25)32-41(36,37)29-19-26(11-14-28(29)40-7)31(35)33-15-17-34(18-16-33)42(38,39)30-23(5)21(3)20(2)22(4)24(30)6/h9-14,19,32H,8,15-18H2,1-7H3. The Morgan fingerprint density at radius 1 is 0.810 bits per heavy atom. The molecular weight excluding hydrogens is 574 g/mol. The number of rotatable bonds is 8. The van der Waals surface area contributed by atoms with Crippen molar-refractivity contribution < 1.29 is 26.4 Å². The van der Waals surface area contributed by atoms with E-state index in [1.54, 1.807) is 17.0 Å². The summed E-state index contributed by atoms with van der Waals surface area (Å²) in [6.45, 7) is 12.2. The number of nitrogens with one attached hydrogen (secondary N) is 1. The van der Waals surface area contributed by atoms with E-state index in [1.807, 2.05) is 53.7 Å². The Morgan fingerprint density at radius 2 is 1.36 bits per heavy atom. The summed E-state index contributed by atoms with van der Waals surface area (Å²) in [6.07, 6.45) is 0.829. The second kappa shape index (κ2) is 12.1. The van der Waals surface area contributed by atoms with Gasteiger partial charge in [0.05, 0.1) is 12.0 Å². The highest BCUT2D eigenvalue weighted by molar-refractivity contribution is 7.92. The summed E-state index contributed by atoms with van der Waals surface area (Å²) in [5.74, 6) is -0.276. The number of hydrogen-bond donors (Lipinski definition) is 1. The lowest BCUT2D eigenvalue weighted by Crippen LogP contribution is -2.50. The van der Waals surface area contributed by atoms with Gasteiger partial charge in [-0.3, -0.25) is 9.52 Å². The molecule has 1 saturated heterocycles. The molecule has 0 atom stereocenters. The quantitative estimate of drug-likeness (QED) is 0.393. The Hall–Kier alpha value is -3.41. The van der Waals surface area contributed by atoms with Crippen molar-refractivity contribution in [2.24, 2.45) is 0 Å². The number of methoxy groups -OCH3 is 1. The molecule has 0 unspecified atom stereocenters. The molecule has 0 saturated carbocycles. The summed E-state index contributed by atoms with van der Waals surface area (Å²) < 4.78 is 63.4. The van der Waals surface area contributed by atoms with Crippen molar-refractivity contribution in [3.8, 4) is 5.75 Å². The minimum Gasteiger partial charge on any atom is -0.495 e. The number of piperazine rings is 1. The Labute approximate surface area is 249 Å². The van der Waals surface area contributed by atoms with Crippen molar-refractivity contribution in [1.29, 1.82) is 0 Å². The van der Waals surface area contributed by atoms with Gasteiger partial charge in [0, 0.05) is 37.4 Å². The SMILES string of the molecule is CCc1ccc(NS(=O)(=O)c2cc(C(=O)N3CCN(S(=O)(=O)c4c(C)c(C)c(C)c(C)c4C)CC3)ccc2OC)cc1. The minimum absolute atomic E-state index is 0.106. The second-order valence-corrected chi connectivity index (χ2v) is 14.2. The van der Waals surface area contributed by atoms with E-state index in [1.165, 1.54) is 29.6 Å². The first-order valence-corrected chi connectivity index (χ1v) is 16.8. The lowest BCUT2D eigenvalue weighted by molar-refractivity contribution is 0.0697. The number of ether oxygens (including phenoxy) is 1. The molecule has 1 heterocycles. The Balaban J connectivity index is 1.54. The van der Waals surface area contributed by atoms with E-state index < -0.39 is 20.0 Å². The smallest absolute Gasteiger partial charge is 0.265 e. The summed E-state index contributed by atoms with van der Waals surface area (Å²) in [7, 11) is -6.48. The van der Waals surface area contributed by atoms with E-state index in [0.29, 0.717) is 10.6 Å². The van der Waals surface area contributed by atoms with E-state index in [9.17, 15) is 21.6 Å². The second-order valence-electron chi connectivity index (χ2n) is 10.7. The van der Waals surface area contributed by atoms with E-state index in [0.717, 1.165) is 39.8 Å². The van der Waals surface area contributed by atoms with Crippen LogP contribution >= 0.6 is 0 Å². The maximum Gasteiger partial charge on any atom is 0.265 e. The van der Waals surface area contributed by atoms with Crippen molar-refractivity contribution in [3.05, 3.63) is 81.4 Å². The van der Waals surface area contributed by atoms with Crippen LogP contribution in [0.1, 0.15) is 50.7 Å². The van der Waals surface area contributed by atoms with E-state index >= 15 is 0 Å². The molecule has 4 rings (SSSR count). The first kappa shape index (κ1) is 31.5. The number of amides is 1. The average Bonchev–Trinajstić information content (AvgIpc) is 2.98. The number of carbonyl (C=O) groups excluding carboxylic acids is 1. The van der Waals surface area contributed by atoms with Crippen LogP contribution in [0, 0.1) is 34.6 Å². The van der Waals surface area contributed by atoms with Gasteiger partial charge in [0.25, 0.3) is 15.9 Å². The summed E-state index contributed by atoms with van der Waals surface area (Å²) >= 11 is 0. The van der Waals surface area contributed by atoms with Crippen LogP contribution < -0.4 is 9.46 Å². The molecule has 3 aromatic rings. The number of aryl methyl sites for hydroxylation is 1. The molecule has 42 heavy (non-hydrogen) atoms. The number of carbonyl (C=O) groups is 1. The lowest BCUT2D eigenvalue weighted by Gasteiger charge is -2.35. The minimum atomic E-state index is -4.07. The Kier molecular flexibility index (Phi) is 9.05. The Bertz CT molecular complexity index is 1700. The highest BCUT2D eigenvalue weighted by Crippen LogP contribution is 2.32. The van der Waals surface area contributed by atoms with Crippen LogP contribution in [0.4, 0.5) is 5.69 Å². The molecule has 11 heteroatoms. The highest BCUT2D eigenvalue weighted by Gasteiger charge is 2.34. The van der Waals surface area contributed by atoms with Crippen molar-refractivity contribution in [3.63, 3.8) is 0 Å². The first-order valence-electron chi connectivity index (χ1n) is 13.9. The predicted molar refractivity (Wildman–Crippen MR) is 164 cm³/mol. The zero-order valence-corrected chi connectivity index (χ0v) is 26.9. The van der Waals surface area contributed by atoms with Gasteiger partial charge in [-0.05, 0) is 105 Å². The average molecular weight is 614 g/mol. The molecule has 3 aromatic carbocycles. The van der Waals surface area contributed by atoms with Crippen LogP contribution in [0.5, 0.6) is 5.75 Å². The molecule has 1 aliphatic rings. The zero-order valence-electron chi connectivity index (χ0n) is 25.2. The van der Waals surface area contributed by atoms with Gasteiger partial charge >= 0.3 is 0 Å². The molecule has 0 bridgehead atoms. The molecule has 226 valence electrons. The van der Waals surface area contributed by atoms with Crippen LogP contribution in [0.3, 0.4) is 0 Å². The molecule has 0 radical (unpaired) electrons. The van der Waals surface area contributed by atoms with Crippen molar-refractivity contribution >= 4 is 31.6 Å². The molecular formula is C31H39N3O6S2. The van der Waals surface area contributed by atoms with Crippen LogP contribution in [-0.4, -0.2) is 65.2 Å². The van der Waals surface area contributed by atoms with Gasteiger partial charge in [-0.15, -0.1) is 0 Å². The van der Waals surface area contributed by atoms with E-state index in [4.69, 9.17) is 4.74 Å². The number of sulfonamides is 2. The van der Waals surface area contributed by atoms with Gasteiger partial charge < -0.3 is 9.64 Å². The van der Waals surface area contributed by atoms with Gasteiger partial charge in [-0.25, -0.2) is 16.8 Å². The Morgan fingerprint density at radius 3 is 1.88 bits per heavy atom. The third kappa shape index (κ3) is 5.91. The fourth-order valence-corrected chi connectivity index (χ4v) is 8.57. The number of benzene rings is 3. The fraction of sp³-hybridized carbons (Fsp3) is 0.387. The molecule has 0 aromatic heterocycles. The number of anilines is 1. The van der Waals surface area contributed by atoms with Gasteiger partial charge in [0.1, 0.15) is 10.6 Å². The molecule has 1 aliphatic heterocycles. The summed E-state index contributed by atoms with van der Waals surface area (Å²) in [6, 6.07) is 11.3. The van der Waals surface area contributed by atoms with Crippen LogP contribution in [0.15, 0.2) is 52.3 Å². The van der Waals surface area contributed by atoms with Crippen LogP contribution in [0.2, 0.25) is 0 Å². The maximum absolute atomic E-state index is 13.7. The lowest BCUT2D eigenvalue weighted by atomic mass is 9.95. The van der Waals surface area contributed by atoms with Crippen molar-refractivity contribution in [2.45, 2.75) is 57.8 Å². The monoisotopic (exact) mass is 613 g/mol. The predicted octanol–water partition coefficient (Wildman–Crippen LogP) is 4.75. The zero-order chi connectivity index (χ0) is 31.0. The van der Waals surface area contributed by atoms with E-state index in [2.05, 4.69) is 4.72 Å². The first-order chi connectivity index (χ1) is 19.7. The van der Waals surface area contributed by atoms with Crippen LogP contribution in [-0.2, 0) is 26.5 Å². The topological polar surface area (TPSA) is 113 Å². The molecule has 0 aliphatic carbocycles. The van der Waals surface area contributed by atoms with E-state index in [-0.39, 0.29) is 48.3 Å². The normalized spacial score (nSPS) is 14.6. The maximum atomic E-state index is 13.7. The van der Waals surface area contributed by atoms with Crippen molar-refractivity contribution in [1.82, 2.24) is 9.21 Å². The van der Waals surface area contributed by atoms with Gasteiger partial charge in [-0.2, -0.15) is 4.31 Å². The molecule has 1 fully saturated rings. The molecule has 1 amide bonds. The van der Waals surface area contributed by atoms with Gasteiger partial charge in [-0.1, -0.05) is 19.1 Å². The summed E-state index contributed by atoms with van der Waals surface area (Å²) in [5, 5.41) is 0. The number of nitrogens with zero attached hydrogens (tertiary/aromatic N) is 2. The third-order valence-electron chi connectivity index (χ3n) is 8.37. The largest absolute Gasteiger partial charge is 0.495 e. The highest BCUT2D eigenvalue weighted by atomic mass is 32.2. The van der Waals surface area contributed by atoms with Gasteiger partial charge in [0.15, 0.2) is 0 Å². The van der Waals surface area contributed by atoms with Gasteiger partial charge in [0.2, 0.25) is 10.0 Å². The summed E-state index contributed by atoms with van der Waals surface area (Å²) in [5.41, 5.74) is 6.15. The molecule has 9 nitrogen and oxygen atoms in total. The van der Waals surface area contributed by atoms with Crippen LogP contribution in [0.25, 0.3) is 0 Å². The summed E-state index contributed by atoms with van der Waals surface area (Å²) in [4.78, 5) is 15.2.